The van der Waals surface area contributed by atoms with Crippen molar-refractivity contribution < 1.29 is 0 Å². The molecule has 0 aliphatic carbocycles. The minimum atomic E-state index is 0.621. The van der Waals surface area contributed by atoms with Crippen molar-refractivity contribution in [1.82, 2.24) is 9.55 Å². The number of nitrogens with zero attached hydrogens (tertiary/aromatic N) is 3. The Hall–Kier alpha value is -6.50. The van der Waals surface area contributed by atoms with Gasteiger partial charge in [0.15, 0.2) is 0 Å². The van der Waals surface area contributed by atoms with Crippen molar-refractivity contribution in [2.45, 2.75) is 0 Å². The molecule has 0 amide bonds. The Balaban J connectivity index is 1.49. The van der Waals surface area contributed by atoms with Crippen LogP contribution in [0.4, 0.5) is 0 Å². The van der Waals surface area contributed by atoms with Crippen LogP contribution in [0.15, 0.2) is 164 Å². The monoisotopic (exact) mass is 597 g/mol. The Labute approximate surface area is 272 Å². The smallest absolute Gasteiger partial charge is 0.145 e. The highest BCUT2D eigenvalue weighted by molar-refractivity contribution is 6.21. The molecule has 0 saturated heterocycles. The Bertz CT molecular complexity index is 2680. The third kappa shape index (κ3) is 4.39. The fourth-order valence-corrected chi connectivity index (χ4v) is 6.99. The van der Waals surface area contributed by atoms with Gasteiger partial charge in [-0.25, -0.2) is 4.98 Å². The first-order valence-corrected chi connectivity index (χ1v) is 15.8. The molecule has 0 atom stereocenters. The summed E-state index contributed by atoms with van der Waals surface area (Å²) < 4.78 is 2.30. The van der Waals surface area contributed by atoms with Crippen LogP contribution >= 0.6 is 0 Å². The standard InChI is InChI=1S/C44H27N3/c45-28-29-18-20-32(21-19-29)44-46-42-40(35-24-22-30-10-4-6-12-33(30)26-35)38-16-8-9-17-39(38)41(43(42)47(44)37-14-2-1-3-15-37)36-25-23-31-11-5-7-13-34(31)27-36/h1-27H. The molecule has 3 heteroatoms. The number of fused-ring (bicyclic) bond motifs is 4. The van der Waals surface area contributed by atoms with Crippen molar-refractivity contribution in [1.29, 1.82) is 5.26 Å². The van der Waals surface area contributed by atoms with Gasteiger partial charge in [0.2, 0.25) is 0 Å². The molecule has 0 aliphatic rings. The first-order chi connectivity index (χ1) is 23.3. The van der Waals surface area contributed by atoms with Crippen LogP contribution in [-0.4, -0.2) is 9.55 Å². The summed E-state index contributed by atoms with van der Waals surface area (Å²) in [5, 5.41) is 16.7. The molecule has 0 bridgehead atoms. The van der Waals surface area contributed by atoms with E-state index in [9.17, 15) is 5.26 Å². The Morgan fingerprint density at radius 1 is 0.468 bits per heavy atom. The molecule has 0 fully saturated rings. The molecular weight excluding hydrogens is 571 g/mol. The summed E-state index contributed by atoms with van der Waals surface area (Å²) in [6.07, 6.45) is 0. The number of hydrogen-bond acceptors (Lipinski definition) is 2. The molecule has 0 N–H and O–H groups in total. The van der Waals surface area contributed by atoms with Crippen LogP contribution in [0.5, 0.6) is 0 Å². The van der Waals surface area contributed by atoms with E-state index in [0.29, 0.717) is 5.56 Å². The summed E-state index contributed by atoms with van der Waals surface area (Å²) in [5.74, 6) is 0.829. The Morgan fingerprint density at radius 2 is 0.979 bits per heavy atom. The van der Waals surface area contributed by atoms with Crippen molar-refractivity contribution in [3.05, 3.63) is 169 Å². The first-order valence-electron chi connectivity index (χ1n) is 15.8. The topological polar surface area (TPSA) is 41.6 Å². The number of rotatable bonds is 4. The van der Waals surface area contributed by atoms with Crippen LogP contribution in [0.2, 0.25) is 0 Å². The zero-order chi connectivity index (χ0) is 31.3. The van der Waals surface area contributed by atoms with Gasteiger partial charge in [-0.3, -0.25) is 4.57 Å². The van der Waals surface area contributed by atoms with Crippen LogP contribution < -0.4 is 0 Å². The largest absolute Gasteiger partial charge is 0.292 e. The maximum Gasteiger partial charge on any atom is 0.145 e. The van der Waals surface area contributed by atoms with E-state index in [1.807, 2.05) is 30.3 Å². The zero-order valence-corrected chi connectivity index (χ0v) is 25.4. The molecule has 218 valence electrons. The minimum absolute atomic E-state index is 0.621. The number of imidazole rings is 1. The molecule has 1 aromatic heterocycles. The van der Waals surface area contributed by atoms with Crippen molar-refractivity contribution in [2.75, 3.05) is 0 Å². The average molecular weight is 598 g/mol. The lowest BCUT2D eigenvalue weighted by atomic mass is 9.89. The normalized spacial score (nSPS) is 11.4. The molecule has 9 aromatic rings. The van der Waals surface area contributed by atoms with Gasteiger partial charge in [-0.2, -0.15) is 5.26 Å². The highest BCUT2D eigenvalue weighted by Gasteiger charge is 2.25. The molecule has 0 spiro atoms. The molecule has 0 radical (unpaired) electrons. The van der Waals surface area contributed by atoms with Gasteiger partial charge in [0.25, 0.3) is 0 Å². The summed E-state index contributed by atoms with van der Waals surface area (Å²) in [5.41, 5.74) is 9.09. The Morgan fingerprint density at radius 3 is 1.60 bits per heavy atom. The van der Waals surface area contributed by atoms with Gasteiger partial charge in [0.05, 0.1) is 22.7 Å². The molecular formula is C44H27N3. The summed E-state index contributed by atoms with van der Waals surface area (Å²) >= 11 is 0. The molecule has 9 rings (SSSR count). The van der Waals surface area contributed by atoms with E-state index in [1.165, 1.54) is 26.9 Å². The van der Waals surface area contributed by atoms with Crippen LogP contribution in [0, 0.1) is 11.3 Å². The fraction of sp³-hybridized carbons (Fsp3) is 0. The average Bonchev–Trinajstić information content (AvgIpc) is 3.53. The summed E-state index contributed by atoms with van der Waals surface area (Å²) in [4.78, 5) is 5.55. The number of aromatic nitrogens is 2. The second-order valence-electron chi connectivity index (χ2n) is 11.9. The van der Waals surface area contributed by atoms with E-state index >= 15 is 0 Å². The summed E-state index contributed by atoms with van der Waals surface area (Å²) in [7, 11) is 0. The van der Waals surface area contributed by atoms with Gasteiger partial charge in [-0.1, -0.05) is 115 Å². The molecule has 1 heterocycles. The number of nitriles is 1. The quantitative estimate of drug-likeness (QED) is 0.202. The van der Waals surface area contributed by atoms with E-state index in [1.54, 1.807) is 0 Å². The van der Waals surface area contributed by atoms with E-state index in [-0.39, 0.29) is 0 Å². The highest BCUT2D eigenvalue weighted by atomic mass is 15.1. The highest BCUT2D eigenvalue weighted by Crippen LogP contribution is 2.46. The van der Waals surface area contributed by atoms with Crippen molar-refractivity contribution in [3.8, 4) is 45.4 Å². The van der Waals surface area contributed by atoms with Gasteiger partial charge in [-0.05, 0) is 92.0 Å². The lowest BCUT2D eigenvalue weighted by Gasteiger charge is -2.18. The van der Waals surface area contributed by atoms with Gasteiger partial charge in [0.1, 0.15) is 5.82 Å². The lowest BCUT2D eigenvalue weighted by Crippen LogP contribution is -1.99. The van der Waals surface area contributed by atoms with Crippen LogP contribution in [0.3, 0.4) is 0 Å². The summed E-state index contributed by atoms with van der Waals surface area (Å²) in [6, 6.07) is 59.7. The third-order valence-corrected chi connectivity index (χ3v) is 9.18. The summed E-state index contributed by atoms with van der Waals surface area (Å²) in [6.45, 7) is 0. The second kappa shape index (κ2) is 10.8. The predicted octanol–water partition coefficient (Wildman–Crippen LogP) is 11.4. The van der Waals surface area contributed by atoms with Gasteiger partial charge in [0, 0.05) is 22.4 Å². The van der Waals surface area contributed by atoms with Crippen molar-refractivity contribution in [3.63, 3.8) is 0 Å². The second-order valence-corrected chi connectivity index (χ2v) is 11.9. The molecule has 3 nitrogen and oxygen atoms in total. The van der Waals surface area contributed by atoms with E-state index in [4.69, 9.17) is 4.98 Å². The lowest BCUT2D eigenvalue weighted by molar-refractivity contribution is 1.10. The van der Waals surface area contributed by atoms with Crippen molar-refractivity contribution in [2.24, 2.45) is 0 Å². The molecule has 8 aromatic carbocycles. The molecule has 0 aliphatic heterocycles. The van der Waals surface area contributed by atoms with Crippen molar-refractivity contribution >= 4 is 43.4 Å². The minimum Gasteiger partial charge on any atom is -0.292 e. The van der Waals surface area contributed by atoms with Gasteiger partial charge < -0.3 is 0 Å². The molecule has 0 unspecified atom stereocenters. The van der Waals surface area contributed by atoms with Crippen LogP contribution in [0.1, 0.15) is 5.56 Å². The van der Waals surface area contributed by atoms with E-state index < -0.39 is 0 Å². The SMILES string of the molecule is N#Cc1ccc(-c2nc3c(-c4ccc5ccccc5c4)c4ccccc4c(-c4ccc5ccccc5c4)c3n2-c2ccccc2)cc1. The maximum absolute atomic E-state index is 9.56. The molecule has 47 heavy (non-hydrogen) atoms. The fourth-order valence-electron chi connectivity index (χ4n) is 6.99. The number of benzene rings is 8. The Kier molecular flexibility index (Phi) is 6.19. The predicted molar refractivity (Wildman–Crippen MR) is 195 cm³/mol. The number of hydrogen-bond donors (Lipinski definition) is 0. The third-order valence-electron chi connectivity index (χ3n) is 9.18. The van der Waals surface area contributed by atoms with Gasteiger partial charge in [-0.15, -0.1) is 0 Å². The van der Waals surface area contributed by atoms with Crippen LogP contribution in [0.25, 0.3) is 82.7 Å². The zero-order valence-electron chi connectivity index (χ0n) is 25.4. The maximum atomic E-state index is 9.56. The van der Waals surface area contributed by atoms with Gasteiger partial charge >= 0.3 is 0 Å². The van der Waals surface area contributed by atoms with Crippen LogP contribution in [-0.2, 0) is 0 Å². The first kappa shape index (κ1) is 26.9. The number of para-hydroxylation sites is 1. The van der Waals surface area contributed by atoms with E-state index in [2.05, 4.69) is 144 Å². The van der Waals surface area contributed by atoms with E-state index in [0.717, 1.165) is 55.7 Å². The molecule has 0 saturated carbocycles.